The fourth-order valence-electron chi connectivity index (χ4n) is 3.75. The van der Waals surface area contributed by atoms with Gasteiger partial charge in [-0.2, -0.15) is 0 Å². The summed E-state index contributed by atoms with van der Waals surface area (Å²) in [6.45, 7) is 2.31. The molecule has 3 rings (SSSR count). The lowest BCUT2D eigenvalue weighted by atomic mass is 9.77. The molecule has 0 spiro atoms. The first-order valence-corrected chi connectivity index (χ1v) is 7.29. The van der Waals surface area contributed by atoms with Crippen LogP contribution in [0.2, 0.25) is 0 Å². The summed E-state index contributed by atoms with van der Waals surface area (Å²) < 4.78 is 0. The fourth-order valence-corrected chi connectivity index (χ4v) is 3.75. The topological polar surface area (TPSA) is 23.5 Å². The van der Waals surface area contributed by atoms with Crippen molar-refractivity contribution in [3.8, 4) is 0 Å². The number of hydrogen-bond donors (Lipinski definition) is 1. The molecule has 2 aliphatic rings. The molecule has 1 N–H and O–H groups in total. The van der Waals surface area contributed by atoms with Gasteiger partial charge in [0.15, 0.2) is 0 Å². The summed E-state index contributed by atoms with van der Waals surface area (Å²) >= 11 is 0. The number of nitrogens with zero attached hydrogens (tertiary/aromatic N) is 1. The van der Waals surface area contributed by atoms with E-state index in [-0.39, 0.29) is 6.10 Å². The van der Waals surface area contributed by atoms with Crippen LogP contribution in [-0.4, -0.2) is 28.7 Å². The number of hydrogen-bond acceptors (Lipinski definition) is 2. The molecule has 1 aliphatic carbocycles. The first-order chi connectivity index (χ1) is 8.83. The van der Waals surface area contributed by atoms with Gasteiger partial charge in [-0.25, -0.2) is 0 Å². The van der Waals surface area contributed by atoms with Crippen LogP contribution >= 0.6 is 0 Å². The number of benzene rings is 1. The molecule has 1 aromatic rings. The average Bonchev–Trinajstić information content (AvgIpc) is 2.40. The van der Waals surface area contributed by atoms with Crippen LogP contribution in [0.1, 0.15) is 37.7 Å². The Morgan fingerprint density at radius 3 is 2.78 bits per heavy atom. The minimum atomic E-state index is -0.0390. The van der Waals surface area contributed by atoms with Crippen molar-refractivity contribution in [2.75, 3.05) is 6.54 Å². The van der Waals surface area contributed by atoms with Crippen molar-refractivity contribution in [1.82, 2.24) is 4.90 Å². The van der Waals surface area contributed by atoms with Gasteiger partial charge in [-0.3, -0.25) is 4.90 Å². The molecule has 0 amide bonds. The molecule has 2 nitrogen and oxygen atoms in total. The van der Waals surface area contributed by atoms with E-state index in [2.05, 4.69) is 35.2 Å². The quantitative estimate of drug-likeness (QED) is 0.866. The largest absolute Gasteiger partial charge is 0.393 e. The SMILES string of the molecule is O[C@@H]1CC[C@@H]2[C@@H](CCCN2Cc2ccccc2)C1. The maximum atomic E-state index is 9.81. The lowest BCUT2D eigenvalue weighted by molar-refractivity contribution is 0.00134. The van der Waals surface area contributed by atoms with Gasteiger partial charge < -0.3 is 5.11 Å². The third kappa shape index (κ3) is 2.60. The molecule has 0 radical (unpaired) electrons. The van der Waals surface area contributed by atoms with Crippen molar-refractivity contribution in [1.29, 1.82) is 0 Å². The van der Waals surface area contributed by atoms with Crippen LogP contribution in [0.15, 0.2) is 30.3 Å². The number of rotatable bonds is 2. The molecule has 0 aromatic heterocycles. The minimum absolute atomic E-state index is 0.0390. The van der Waals surface area contributed by atoms with E-state index in [0.29, 0.717) is 6.04 Å². The standard InChI is InChI=1S/C16H23NO/c18-15-8-9-16-14(11-15)7-4-10-17(16)12-13-5-2-1-3-6-13/h1-3,5-6,14-16,18H,4,7-12H2/t14-,15+,16+/m0/s1. The summed E-state index contributed by atoms with van der Waals surface area (Å²) in [5.41, 5.74) is 1.42. The molecular formula is C16H23NO. The monoisotopic (exact) mass is 245 g/mol. The molecule has 1 saturated carbocycles. The molecule has 0 unspecified atom stereocenters. The van der Waals surface area contributed by atoms with Gasteiger partial charge in [0.1, 0.15) is 0 Å². The fraction of sp³-hybridized carbons (Fsp3) is 0.625. The molecule has 98 valence electrons. The summed E-state index contributed by atoms with van der Waals surface area (Å²) in [7, 11) is 0. The highest BCUT2D eigenvalue weighted by Crippen LogP contribution is 2.36. The predicted molar refractivity (Wildman–Crippen MR) is 73.2 cm³/mol. The summed E-state index contributed by atoms with van der Waals surface area (Å²) in [6.07, 6.45) is 5.76. The van der Waals surface area contributed by atoms with E-state index in [1.165, 1.54) is 31.4 Å². The molecule has 1 aliphatic heterocycles. The second-order valence-corrected chi connectivity index (χ2v) is 5.89. The highest BCUT2D eigenvalue weighted by Gasteiger charge is 2.35. The second kappa shape index (κ2) is 5.41. The molecule has 18 heavy (non-hydrogen) atoms. The van der Waals surface area contributed by atoms with E-state index >= 15 is 0 Å². The Labute approximate surface area is 110 Å². The first-order valence-electron chi connectivity index (χ1n) is 7.29. The zero-order valence-electron chi connectivity index (χ0n) is 11.0. The van der Waals surface area contributed by atoms with Gasteiger partial charge in [-0.1, -0.05) is 30.3 Å². The lowest BCUT2D eigenvalue weighted by Gasteiger charge is -2.45. The molecule has 1 saturated heterocycles. The number of aliphatic hydroxyl groups is 1. The molecule has 0 bridgehead atoms. The molecule has 3 atom stereocenters. The van der Waals surface area contributed by atoms with Crippen LogP contribution in [0.25, 0.3) is 0 Å². The van der Waals surface area contributed by atoms with Crippen LogP contribution < -0.4 is 0 Å². The van der Waals surface area contributed by atoms with Crippen molar-refractivity contribution < 1.29 is 5.11 Å². The molecule has 1 aromatic carbocycles. The van der Waals surface area contributed by atoms with Crippen LogP contribution in [0.4, 0.5) is 0 Å². The normalized spacial score (nSPS) is 33.1. The zero-order chi connectivity index (χ0) is 12.4. The van der Waals surface area contributed by atoms with Gasteiger partial charge in [-0.05, 0) is 50.1 Å². The van der Waals surface area contributed by atoms with Gasteiger partial charge in [0.2, 0.25) is 0 Å². The highest BCUT2D eigenvalue weighted by molar-refractivity contribution is 5.14. The van der Waals surface area contributed by atoms with E-state index < -0.39 is 0 Å². The lowest BCUT2D eigenvalue weighted by Crippen LogP contribution is -2.48. The maximum absolute atomic E-state index is 9.81. The van der Waals surface area contributed by atoms with E-state index in [1.807, 2.05) is 0 Å². The van der Waals surface area contributed by atoms with Gasteiger partial charge in [-0.15, -0.1) is 0 Å². The highest BCUT2D eigenvalue weighted by atomic mass is 16.3. The number of aliphatic hydroxyl groups excluding tert-OH is 1. The Bertz CT molecular complexity index is 378. The van der Waals surface area contributed by atoms with E-state index in [0.717, 1.165) is 25.3 Å². The molecular weight excluding hydrogens is 222 g/mol. The van der Waals surface area contributed by atoms with Crippen molar-refractivity contribution in [3.05, 3.63) is 35.9 Å². The molecule has 2 fully saturated rings. The minimum Gasteiger partial charge on any atom is -0.393 e. The van der Waals surface area contributed by atoms with Crippen LogP contribution in [0.5, 0.6) is 0 Å². The summed E-state index contributed by atoms with van der Waals surface area (Å²) in [5, 5.41) is 9.81. The smallest absolute Gasteiger partial charge is 0.0544 e. The van der Waals surface area contributed by atoms with Gasteiger partial charge in [0.05, 0.1) is 6.10 Å². The van der Waals surface area contributed by atoms with E-state index in [1.54, 1.807) is 0 Å². The third-order valence-corrected chi connectivity index (χ3v) is 4.63. The Morgan fingerprint density at radius 2 is 1.94 bits per heavy atom. The second-order valence-electron chi connectivity index (χ2n) is 5.89. The Kier molecular flexibility index (Phi) is 3.67. The van der Waals surface area contributed by atoms with Crippen molar-refractivity contribution in [2.45, 2.75) is 50.8 Å². The van der Waals surface area contributed by atoms with Gasteiger partial charge in [0, 0.05) is 12.6 Å². The van der Waals surface area contributed by atoms with Crippen molar-refractivity contribution in [3.63, 3.8) is 0 Å². The van der Waals surface area contributed by atoms with Crippen molar-refractivity contribution in [2.24, 2.45) is 5.92 Å². The average molecular weight is 245 g/mol. The predicted octanol–water partition coefficient (Wildman–Crippen LogP) is 2.81. The summed E-state index contributed by atoms with van der Waals surface area (Å²) in [5.74, 6) is 0.728. The number of fused-ring (bicyclic) bond motifs is 1. The first kappa shape index (κ1) is 12.2. The molecule has 1 heterocycles. The van der Waals surface area contributed by atoms with E-state index in [4.69, 9.17) is 0 Å². The summed E-state index contributed by atoms with van der Waals surface area (Å²) in [6, 6.07) is 11.5. The van der Waals surface area contributed by atoms with Gasteiger partial charge in [0.25, 0.3) is 0 Å². The molecule has 2 heteroatoms. The van der Waals surface area contributed by atoms with E-state index in [9.17, 15) is 5.11 Å². The van der Waals surface area contributed by atoms with Crippen LogP contribution in [-0.2, 0) is 6.54 Å². The summed E-state index contributed by atoms with van der Waals surface area (Å²) in [4.78, 5) is 2.65. The Hall–Kier alpha value is -0.860. The van der Waals surface area contributed by atoms with Crippen LogP contribution in [0.3, 0.4) is 0 Å². The number of likely N-dealkylation sites (tertiary alicyclic amines) is 1. The Morgan fingerprint density at radius 1 is 1.11 bits per heavy atom. The van der Waals surface area contributed by atoms with Gasteiger partial charge >= 0.3 is 0 Å². The zero-order valence-corrected chi connectivity index (χ0v) is 11.0. The third-order valence-electron chi connectivity index (χ3n) is 4.63. The Balaban J connectivity index is 1.68. The van der Waals surface area contributed by atoms with Crippen molar-refractivity contribution >= 4 is 0 Å². The van der Waals surface area contributed by atoms with Crippen LogP contribution in [0, 0.1) is 5.92 Å². The number of piperidine rings is 1. The maximum Gasteiger partial charge on any atom is 0.0544 e.